The van der Waals surface area contributed by atoms with Crippen molar-refractivity contribution in [2.24, 2.45) is 0 Å². The summed E-state index contributed by atoms with van der Waals surface area (Å²) in [5.41, 5.74) is -0.00176. The normalized spacial score (nSPS) is 16.0. The summed E-state index contributed by atoms with van der Waals surface area (Å²) in [7, 11) is 0. The molecule has 0 unspecified atom stereocenters. The first-order chi connectivity index (χ1) is 9.80. The number of hydrogen-bond donors (Lipinski definition) is 0. The van der Waals surface area contributed by atoms with Gasteiger partial charge in [0.2, 0.25) is 11.7 Å². The molecule has 1 aliphatic heterocycles. The van der Waals surface area contributed by atoms with Gasteiger partial charge in [-0.25, -0.2) is 4.98 Å². The summed E-state index contributed by atoms with van der Waals surface area (Å²) < 4.78 is -0.591. The molecule has 1 aliphatic rings. The Kier molecular flexibility index (Phi) is 4.46. The van der Waals surface area contributed by atoms with E-state index in [0.717, 1.165) is 0 Å². The summed E-state index contributed by atoms with van der Waals surface area (Å²) in [6.07, 6.45) is 1.54. The summed E-state index contributed by atoms with van der Waals surface area (Å²) in [5.74, 6) is 0.394. The largest absolute Gasteiger partial charge is 0.347 e. The van der Waals surface area contributed by atoms with E-state index in [0.29, 0.717) is 32.0 Å². The van der Waals surface area contributed by atoms with E-state index in [4.69, 9.17) is 0 Å². The zero-order valence-corrected chi connectivity index (χ0v) is 13.5. The van der Waals surface area contributed by atoms with Crippen LogP contribution in [0.1, 0.15) is 13.8 Å². The number of amides is 1. The summed E-state index contributed by atoms with van der Waals surface area (Å²) in [4.78, 5) is 30.5. The maximum absolute atomic E-state index is 12.2. The number of carbonyl (C=O) groups excluding carboxylic acids is 1. The van der Waals surface area contributed by atoms with Crippen LogP contribution in [0.2, 0.25) is 0 Å². The third-order valence-corrected chi connectivity index (χ3v) is 3.68. The minimum absolute atomic E-state index is 0.00176. The molecular weight excluding hydrogens is 340 g/mol. The molecule has 7 nitrogen and oxygen atoms in total. The second-order valence-corrected chi connectivity index (χ2v) is 7.34. The quantitative estimate of drug-likeness (QED) is 0.468. The molecule has 1 saturated heterocycles. The van der Waals surface area contributed by atoms with Crippen LogP contribution in [-0.4, -0.2) is 51.2 Å². The summed E-state index contributed by atoms with van der Waals surface area (Å²) in [6, 6.07) is 3.00. The van der Waals surface area contributed by atoms with E-state index < -0.39 is 9.25 Å². The second kappa shape index (κ2) is 5.97. The summed E-state index contributed by atoms with van der Waals surface area (Å²) >= 11 is 3.36. The maximum atomic E-state index is 12.2. The number of anilines is 1. The van der Waals surface area contributed by atoms with Crippen LogP contribution in [0.3, 0.4) is 0 Å². The molecule has 21 heavy (non-hydrogen) atoms. The minimum Gasteiger partial charge on any atom is -0.347 e. The molecule has 2 heterocycles. The number of alkyl halides is 1. The fraction of sp³-hybridized carbons (Fsp3) is 0.538. The lowest BCUT2D eigenvalue weighted by molar-refractivity contribution is -0.384. The number of nitro groups is 1. The first-order valence-electron chi connectivity index (χ1n) is 6.63. The van der Waals surface area contributed by atoms with Crippen molar-refractivity contribution < 1.29 is 9.72 Å². The Balaban J connectivity index is 2.09. The van der Waals surface area contributed by atoms with E-state index in [1.165, 1.54) is 6.07 Å². The molecule has 0 radical (unpaired) electrons. The molecular formula is C13H17BrN4O3. The van der Waals surface area contributed by atoms with Gasteiger partial charge in [-0.05, 0) is 19.9 Å². The van der Waals surface area contributed by atoms with E-state index >= 15 is 0 Å². The van der Waals surface area contributed by atoms with E-state index in [-0.39, 0.29) is 11.6 Å². The Morgan fingerprint density at radius 1 is 1.38 bits per heavy atom. The first-order valence-corrected chi connectivity index (χ1v) is 7.42. The molecule has 0 atom stereocenters. The molecule has 0 N–H and O–H groups in total. The van der Waals surface area contributed by atoms with Crippen LogP contribution in [0.25, 0.3) is 0 Å². The lowest BCUT2D eigenvalue weighted by atomic mass is 10.1. The van der Waals surface area contributed by atoms with E-state index in [1.807, 2.05) is 18.7 Å². The number of rotatable bonds is 3. The third-order valence-electron chi connectivity index (χ3n) is 3.34. The van der Waals surface area contributed by atoms with Gasteiger partial charge in [-0.1, -0.05) is 15.9 Å². The molecule has 1 amide bonds. The second-order valence-electron chi connectivity index (χ2n) is 5.35. The highest BCUT2D eigenvalue weighted by atomic mass is 79.9. The highest BCUT2D eigenvalue weighted by Gasteiger charge is 2.32. The Labute approximate surface area is 131 Å². The van der Waals surface area contributed by atoms with Crippen LogP contribution in [0.15, 0.2) is 18.3 Å². The smallest absolute Gasteiger partial charge is 0.311 e. The lowest BCUT2D eigenvalue weighted by Gasteiger charge is -2.37. The summed E-state index contributed by atoms with van der Waals surface area (Å²) in [5, 5.41) is 11.0. The van der Waals surface area contributed by atoms with Gasteiger partial charge in [0.05, 0.1) is 9.25 Å². The molecule has 114 valence electrons. The molecule has 0 bridgehead atoms. The Morgan fingerprint density at radius 3 is 2.52 bits per heavy atom. The van der Waals surface area contributed by atoms with Crippen LogP contribution in [0, 0.1) is 10.1 Å². The van der Waals surface area contributed by atoms with E-state index in [1.54, 1.807) is 17.2 Å². The number of pyridine rings is 1. The van der Waals surface area contributed by atoms with Crippen molar-refractivity contribution >= 4 is 33.3 Å². The van der Waals surface area contributed by atoms with Crippen LogP contribution in [0.4, 0.5) is 11.5 Å². The van der Waals surface area contributed by atoms with Gasteiger partial charge in [0.15, 0.2) is 0 Å². The number of piperazine rings is 1. The highest BCUT2D eigenvalue weighted by Crippen LogP contribution is 2.26. The van der Waals surface area contributed by atoms with Crippen LogP contribution in [-0.2, 0) is 4.79 Å². The Bertz CT molecular complexity index is 551. The van der Waals surface area contributed by atoms with E-state index in [9.17, 15) is 14.9 Å². The number of carbonyl (C=O) groups is 1. The van der Waals surface area contributed by atoms with Crippen molar-refractivity contribution in [3.05, 3.63) is 28.4 Å². The van der Waals surface area contributed by atoms with Crippen molar-refractivity contribution in [2.75, 3.05) is 31.1 Å². The Hall–Kier alpha value is -1.70. The third kappa shape index (κ3) is 3.49. The van der Waals surface area contributed by atoms with Gasteiger partial charge in [-0.2, -0.15) is 0 Å². The molecule has 1 aromatic heterocycles. The van der Waals surface area contributed by atoms with Gasteiger partial charge in [0.25, 0.3) is 0 Å². The van der Waals surface area contributed by atoms with E-state index in [2.05, 4.69) is 20.9 Å². The number of nitrogens with zero attached hydrogens (tertiary/aromatic N) is 4. The maximum Gasteiger partial charge on any atom is 0.311 e. The highest BCUT2D eigenvalue weighted by molar-refractivity contribution is 9.10. The molecule has 0 spiro atoms. The van der Waals surface area contributed by atoms with Gasteiger partial charge in [0.1, 0.15) is 0 Å². The zero-order valence-electron chi connectivity index (χ0n) is 12.0. The minimum atomic E-state index is -0.591. The van der Waals surface area contributed by atoms with Gasteiger partial charge >= 0.3 is 5.69 Å². The predicted octanol–water partition coefficient (Wildman–Crippen LogP) is 1.81. The van der Waals surface area contributed by atoms with Gasteiger partial charge in [-0.15, -0.1) is 0 Å². The van der Waals surface area contributed by atoms with Crippen molar-refractivity contribution in [2.45, 2.75) is 18.2 Å². The average molecular weight is 357 g/mol. The average Bonchev–Trinajstić information content (AvgIpc) is 2.45. The van der Waals surface area contributed by atoms with Crippen LogP contribution in [0.5, 0.6) is 0 Å². The standard InChI is InChI=1S/C13H17BrN4O3/c1-13(2,14)12(19)17-8-6-16(7-9-17)11-10(18(20)21)4-3-5-15-11/h3-5H,6-9H2,1-2H3. The molecule has 8 heteroatoms. The monoisotopic (exact) mass is 356 g/mol. The fourth-order valence-electron chi connectivity index (χ4n) is 2.27. The predicted molar refractivity (Wildman–Crippen MR) is 82.7 cm³/mol. The molecule has 1 aromatic rings. The topological polar surface area (TPSA) is 79.6 Å². The first kappa shape index (κ1) is 15.7. The van der Waals surface area contributed by atoms with Crippen molar-refractivity contribution in [3.63, 3.8) is 0 Å². The zero-order chi connectivity index (χ0) is 15.6. The van der Waals surface area contributed by atoms with Crippen molar-refractivity contribution in [1.82, 2.24) is 9.88 Å². The molecule has 2 rings (SSSR count). The van der Waals surface area contributed by atoms with Gasteiger partial charge in [0, 0.05) is 38.4 Å². The molecule has 0 aliphatic carbocycles. The van der Waals surface area contributed by atoms with Crippen LogP contribution >= 0.6 is 15.9 Å². The SMILES string of the molecule is CC(C)(Br)C(=O)N1CCN(c2ncccc2[N+](=O)[O-])CC1. The van der Waals surface area contributed by atoms with Crippen molar-refractivity contribution in [1.29, 1.82) is 0 Å². The Morgan fingerprint density at radius 2 is 2.00 bits per heavy atom. The fourth-order valence-corrected chi connectivity index (χ4v) is 2.52. The molecule has 0 aromatic carbocycles. The molecule has 1 fully saturated rings. The number of halogens is 1. The number of aromatic nitrogens is 1. The number of hydrogen-bond acceptors (Lipinski definition) is 5. The van der Waals surface area contributed by atoms with Crippen molar-refractivity contribution in [3.8, 4) is 0 Å². The van der Waals surface area contributed by atoms with Gasteiger partial charge < -0.3 is 9.80 Å². The summed E-state index contributed by atoms with van der Waals surface area (Å²) in [6.45, 7) is 5.75. The molecule has 0 saturated carbocycles. The van der Waals surface area contributed by atoms with Crippen LogP contribution < -0.4 is 4.90 Å². The van der Waals surface area contributed by atoms with Gasteiger partial charge in [-0.3, -0.25) is 14.9 Å². The lowest BCUT2D eigenvalue weighted by Crippen LogP contribution is -2.52.